The van der Waals surface area contributed by atoms with E-state index in [0.717, 1.165) is 10.00 Å². The van der Waals surface area contributed by atoms with Crippen molar-refractivity contribution in [2.45, 2.75) is 51.0 Å². The molecule has 194 valence electrons. The van der Waals surface area contributed by atoms with Crippen LogP contribution in [0.3, 0.4) is 0 Å². The summed E-state index contributed by atoms with van der Waals surface area (Å²) in [6.07, 6.45) is 0. The second kappa shape index (κ2) is 10.8. The molecule has 0 saturated heterocycles. The van der Waals surface area contributed by atoms with E-state index in [0.29, 0.717) is 17.3 Å². The molecule has 0 radical (unpaired) electrons. The number of nitrogens with one attached hydrogen (secondary N) is 1. The zero-order valence-corrected chi connectivity index (χ0v) is 23.4. The summed E-state index contributed by atoms with van der Waals surface area (Å²) in [5.41, 5.74) is 1.18. The second-order valence-electron chi connectivity index (χ2n) is 9.54. The molecule has 0 fully saturated rings. The predicted octanol–water partition coefficient (Wildman–Crippen LogP) is 5.52. The lowest BCUT2D eigenvalue weighted by molar-refractivity contribution is -0.116. The predicted molar refractivity (Wildman–Crippen MR) is 143 cm³/mol. The minimum absolute atomic E-state index is 0.0258. The van der Waals surface area contributed by atoms with Gasteiger partial charge in [-0.2, -0.15) is 9.40 Å². The summed E-state index contributed by atoms with van der Waals surface area (Å²) in [4.78, 5) is 13.0. The summed E-state index contributed by atoms with van der Waals surface area (Å²) in [6, 6.07) is 12.7. The molecular formula is C25H30Cl2N4O4S. The standard InChI is InChI=1S/C25H30Cl2N4O4S/c1-16(2)30(36(33,34)21-13-17(26)7-12-20(21)27)15-24(32)28-23-14-22(25(3,4)5)29-31(23)18-8-10-19(35-6)11-9-18/h7-14,16H,15H2,1-6H3,(H,28,32). The lowest BCUT2D eigenvalue weighted by Gasteiger charge is -2.26. The lowest BCUT2D eigenvalue weighted by Crippen LogP contribution is -2.42. The molecule has 0 aliphatic heterocycles. The second-order valence-corrected chi connectivity index (χ2v) is 12.2. The van der Waals surface area contributed by atoms with Crippen LogP contribution in [0.25, 0.3) is 5.69 Å². The third-order valence-corrected chi connectivity index (χ3v) is 8.16. The Hall–Kier alpha value is -2.59. The number of benzene rings is 2. The summed E-state index contributed by atoms with van der Waals surface area (Å²) in [7, 11) is -2.53. The van der Waals surface area contributed by atoms with E-state index in [1.165, 1.54) is 18.2 Å². The van der Waals surface area contributed by atoms with Crippen molar-refractivity contribution in [3.63, 3.8) is 0 Å². The Balaban J connectivity index is 1.94. The number of halogens is 2. The molecule has 8 nitrogen and oxygen atoms in total. The van der Waals surface area contributed by atoms with Gasteiger partial charge in [0.15, 0.2) is 0 Å². The van der Waals surface area contributed by atoms with E-state index in [4.69, 9.17) is 27.9 Å². The van der Waals surface area contributed by atoms with Crippen LogP contribution in [-0.2, 0) is 20.2 Å². The van der Waals surface area contributed by atoms with Gasteiger partial charge < -0.3 is 10.1 Å². The number of methoxy groups -OCH3 is 1. The van der Waals surface area contributed by atoms with Gasteiger partial charge in [0.2, 0.25) is 15.9 Å². The number of rotatable bonds is 8. The van der Waals surface area contributed by atoms with E-state index in [1.54, 1.807) is 43.8 Å². The monoisotopic (exact) mass is 552 g/mol. The molecule has 0 unspecified atom stereocenters. The first kappa shape index (κ1) is 28.0. The van der Waals surface area contributed by atoms with Crippen molar-refractivity contribution in [2.24, 2.45) is 0 Å². The van der Waals surface area contributed by atoms with Crippen LogP contribution in [0.2, 0.25) is 10.0 Å². The molecule has 1 N–H and O–H groups in total. The van der Waals surface area contributed by atoms with Crippen molar-refractivity contribution in [3.05, 3.63) is 64.3 Å². The maximum Gasteiger partial charge on any atom is 0.245 e. The van der Waals surface area contributed by atoms with Crippen LogP contribution in [0.4, 0.5) is 5.82 Å². The molecule has 1 aromatic heterocycles. The third-order valence-electron chi connectivity index (χ3n) is 5.42. The molecule has 0 atom stereocenters. The van der Waals surface area contributed by atoms with Crippen LogP contribution in [0.1, 0.15) is 40.3 Å². The van der Waals surface area contributed by atoms with Gasteiger partial charge in [-0.15, -0.1) is 0 Å². The van der Waals surface area contributed by atoms with Gasteiger partial charge in [-0.05, 0) is 56.3 Å². The molecule has 3 rings (SSSR count). The van der Waals surface area contributed by atoms with Crippen LogP contribution in [-0.4, -0.2) is 48.1 Å². The van der Waals surface area contributed by atoms with Crippen molar-refractivity contribution in [1.29, 1.82) is 0 Å². The van der Waals surface area contributed by atoms with E-state index in [2.05, 4.69) is 10.4 Å². The zero-order chi connectivity index (χ0) is 26.8. The molecule has 0 aliphatic rings. The Morgan fingerprint density at radius 3 is 2.31 bits per heavy atom. The first-order valence-corrected chi connectivity index (χ1v) is 13.5. The van der Waals surface area contributed by atoms with Gasteiger partial charge in [0.05, 0.1) is 30.1 Å². The summed E-state index contributed by atoms with van der Waals surface area (Å²) in [5.74, 6) is 0.572. The van der Waals surface area contributed by atoms with Gasteiger partial charge >= 0.3 is 0 Å². The number of ether oxygens (including phenoxy) is 1. The Morgan fingerprint density at radius 1 is 1.11 bits per heavy atom. The highest BCUT2D eigenvalue weighted by Crippen LogP contribution is 2.30. The fourth-order valence-electron chi connectivity index (χ4n) is 3.43. The smallest absolute Gasteiger partial charge is 0.245 e. The average Bonchev–Trinajstić information content (AvgIpc) is 3.23. The van der Waals surface area contributed by atoms with E-state index >= 15 is 0 Å². The minimum atomic E-state index is -4.11. The molecule has 1 amide bonds. The molecule has 3 aromatic rings. The van der Waals surface area contributed by atoms with Crippen molar-refractivity contribution < 1.29 is 17.9 Å². The first-order valence-electron chi connectivity index (χ1n) is 11.3. The van der Waals surface area contributed by atoms with Crippen LogP contribution < -0.4 is 10.1 Å². The Morgan fingerprint density at radius 2 is 1.75 bits per heavy atom. The van der Waals surface area contributed by atoms with Crippen LogP contribution in [0.5, 0.6) is 5.75 Å². The number of anilines is 1. The quantitative estimate of drug-likeness (QED) is 0.396. The van der Waals surface area contributed by atoms with Gasteiger partial charge in [-0.25, -0.2) is 13.1 Å². The van der Waals surface area contributed by atoms with E-state index in [-0.39, 0.29) is 20.4 Å². The van der Waals surface area contributed by atoms with Gasteiger partial charge in [-0.1, -0.05) is 44.0 Å². The van der Waals surface area contributed by atoms with E-state index in [9.17, 15) is 13.2 Å². The van der Waals surface area contributed by atoms with Gasteiger partial charge in [0.25, 0.3) is 0 Å². The largest absolute Gasteiger partial charge is 0.497 e. The number of carbonyl (C=O) groups is 1. The molecule has 11 heteroatoms. The minimum Gasteiger partial charge on any atom is -0.497 e. The zero-order valence-electron chi connectivity index (χ0n) is 21.0. The Bertz CT molecular complexity index is 1350. The number of sulfonamides is 1. The van der Waals surface area contributed by atoms with Crippen LogP contribution in [0, 0.1) is 0 Å². The van der Waals surface area contributed by atoms with E-state index in [1.807, 2.05) is 32.9 Å². The molecule has 0 saturated carbocycles. The topological polar surface area (TPSA) is 93.5 Å². The van der Waals surface area contributed by atoms with Crippen molar-refractivity contribution in [3.8, 4) is 11.4 Å². The average molecular weight is 554 g/mol. The summed E-state index contributed by atoms with van der Waals surface area (Å²) in [5, 5.41) is 7.77. The molecule has 2 aromatic carbocycles. The Labute approximate surface area is 222 Å². The summed E-state index contributed by atoms with van der Waals surface area (Å²) in [6.45, 7) is 8.98. The molecule has 0 bridgehead atoms. The number of amides is 1. The summed E-state index contributed by atoms with van der Waals surface area (Å²) < 4.78 is 34.7. The number of carbonyl (C=O) groups excluding carboxylic acids is 1. The maximum absolute atomic E-state index is 13.4. The highest BCUT2D eigenvalue weighted by atomic mass is 35.5. The number of hydrogen-bond donors (Lipinski definition) is 1. The van der Waals surface area contributed by atoms with Crippen molar-refractivity contribution >= 4 is 45.0 Å². The highest BCUT2D eigenvalue weighted by molar-refractivity contribution is 7.89. The van der Waals surface area contributed by atoms with Crippen LogP contribution in [0.15, 0.2) is 53.4 Å². The van der Waals surface area contributed by atoms with Gasteiger partial charge in [0, 0.05) is 22.5 Å². The molecule has 0 spiro atoms. The number of hydrogen-bond acceptors (Lipinski definition) is 5. The fraction of sp³-hybridized carbons (Fsp3) is 0.360. The van der Waals surface area contributed by atoms with E-state index < -0.39 is 28.5 Å². The molecule has 36 heavy (non-hydrogen) atoms. The number of nitrogens with zero attached hydrogens (tertiary/aromatic N) is 3. The Kier molecular flexibility index (Phi) is 8.40. The maximum atomic E-state index is 13.4. The third kappa shape index (κ3) is 6.21. The summed E-state index contributed by atoms with van der Waals surface area (Å²) >= 11 is 12.2. The van der Waals surface area contributed by atoms with Gasteiger partial charge in [-0.3, -0.25) is 4.79 Å². The van der Waals surface area contributed by atoms with Crippen LogP contribution >= 0.6 is 23.2 Å². The lowest BCUT2D eigenvalue weighted by atomic mass is 9.92. The fourth-order valence-corrected chi connectivity index (χ4v) is 5.76. The molecule has 0 aliphatic carbocycles. The molecule has 1 heterocycles. The van der Waals surface area contributed by atoms with Crippen molar-refractivity contribution in [2.75, 3.05) is 19.0 Å². The number of aromatic nitrogens is 2. The first-order chi connectivity index (χ1) is 16.7. The SMILES string of the molecule is COc1ccc(-n2nc(C(C)(C)C)cc2NC(=O)CN(C(C)C)S(=O)(=O)c2cc(Cl)ccc2Cl)cc1. The highest BCUT2D eigenvalue weighted by Gasteiger charge is 2.31. The van der Waals surface area contributed by atoms with Crippen molar-refractivity contribution in [1.82, 2.24) is 14.1 Å². The molecular weight excluding hydrogens is 523 g/mol. The van der Waals surface area contributed by atoms with Gasteiger partial charge in [0.1, 0.15) is 16.5 Å². The normalized spacial score (nSPS) is 12.3.